The molecule has 1 aliphatic carbocycles. The summed E-state index contributed by atoms with van der Waals surface area (Å²) in [4.78, 5) is 13.1. The highest BCUT2D eigenvalue weighted by molar-refractivity contribution is 5.66. The van der Waals surface area contributed by atoms with Gasteiger partial charge >= 0.3 is 5.97 Å². The SMILES string of the molecule is O=C(O)CCC/C=C\C[C@@H]1[C@@H](N2CCOCC2)[C@H](O)C[C@@H]1OCc1ccc(CCc2ccccc2)cc1. The van der Waals surface area contributed by atoms with Crippen molar-refractivity contribution < 1.29 is 24.5 Å². The molecule has 0 radical (unpaired) electrons. The van der Waals surface area contributed by atoms with Crippen LogP contribution in [0.3, 0.4) is 0 Å². The molecule has 0 unspecified atom stereocenters. The number of morpholine rings is 1. The smallest absolute Gasteiger partial charge is 0.303 e. The molecular formula is C31H41NO5. The van der Waals surface area contributed by atoms with Gasteiger partial charge in [-0.25, -0.2) is 0 Å². The lowest BCUT2D eigenvalue weighted by molar-refractivity contribution is -0.137. The van der Waals surface area contributed by atoms with Gasteiger partial charge in [0.25, 0.3) is 0 Å². The zero-order valence-corrected chi connectivity index (χ0v) is 21.7. The van der Waals surface area contributed by atoms with Crippen LogP contribution in [0.1, 0.15) is 48.8 Å². The fraction of sp³-hybridized carbons (Fsp3) is 0.516. The molecule has 4 atom stereocenters. The number of allylic oxidation sites excluding steroid dienone is 2. The minimum absolute atomic E-state index is 0.0238. The van der Waals surface area contributed by atoms with Crippen molar-refractivity contribution in [1.29, 1.82) is 0 Å². The largest absolute Gasteiger partial charge is 0.481 e. The average Bonchev–Trinajstić information content (AvgIpc) is 3.24. The lowest BCUT2D eigenvalue weighted by Crippen LogP contribution is -2.50. The van der Waals surface area contributed by atoms with E-state index in [1.807, 2.05) is 6.07 Å². The van der Waals surface area contributed by atoms with E-state index in [0.717, 1.165) is 44.3 Å². The first-order valence-electron chi connectivity index (χ1n) is 13.7. The van der Waals surface area contributed by atoms with E-state index in [-0.39, 0.29) is 24.5 Å². The summed E-state index contributed by atoms with van der Waals surface area (Å²) in [6.07, 6.45) is 8.87. The molecule has 4 rings (SSSR count). The Hall–Kier alpha value is -2.51. The van der Waals surface area contributed by atoms with Crippen LogP contribution in [-0.2, 0) is 33.7 Å². The highest BCUT2D eigenvalue weighted by Gasteiger charge is 2.45. The van der Waals surface area contributed by atoms with Crippen LogP contribution in [0.25, 0.3) is 0 Å². The Morgan fingerprint density at radius 2 is 1.65 bits per heavy atom. The minimum Gasteiger partial charge on any atom is -0.481 e. The molecule has 2 aromatic rings. The average molecular weight is 508 g/mol. The summed E-state index contributed by atoms with van der Waals surface area (Å²) >= 11 is 0. The Balaban J connectivity index is 1.32. The third-order valence-corrected chi connectivity index (χ3v) is 7.62. The number of rotatable bonds is 13. The number of unbranched alkanes of at least 4 members (excludes halogenated alkanes) is 1. The molecule has 6 nitrogen and oxygen atoms in total. The summed E-state index contributed by atoms with van der Waals surface area (Å²) in [5.41, 5.74) is 3.82. The predicted octanol–water partition coefficient (Wildman–Crippen LogP) is 4.64. The number of aryl methyl sites for hydroxylation is 2. The van der Waals surface area contributed by atoms with Crippen molar-refractivity contribution in [2.75, 3.05) is 26.3 Å². The number of aliphatic hydroxyl groups is 1. The summed E-state index contributed by atoms with van der Waals surface area (Å²) in [5, 5.41) is 19.9. The van der Waals surface area contributed by atoms with Crippen LogP contribution in [-0.4, -0.2) is 65.6 Å². The van der Waals surface area contributed by atoms with Crippen molar-refractivity contribution in [3.63, 3.8) is 0 Å². The first-order valence-corrected chi connectivity index (χ1v) is 13.7. The molecule has 0 aromatic heterocycles. The molecule has 2 N–H and O–H groups in total. The maximum Gasteiger partial charge on any atom is 0.303 e. The quantitative estimate of drug-likeness (QED) is 0.304. The van der Waals surface area contributed by atoms with Gasteiger partial charge < -0.3 is 19.7 Å². The van der Waals surface area contributed by atoms with Crippen molar-refractivity contribution in [3.8, 4) is 0 Å². The topological polar surface area (TPSA) is 79.2 Å². The number of carboxylic acid groups (broad SMARTS) is 1. The molecule has 1 heterocycles. The highest BCUT2D eigenvalue weighted by Crippen LogP contribution is 2.36. The van der Waals surface area contributed by atoms with Gasteiger partial charge in [-0.2, -0.15) is 0 Å². The highest BCUT2D eigenvalue weighted by atomic mass is 16.5. The molecule has 2 fully saturated rings. The molecule has 0 bridgehead atoms. The van der Waals surface area contributed by atoms with Gasteiger partial charge in [0.15, 0.2) is 0 Å². The van der Waals surface area contributed by atoms with Gasteiger partial charge in [-0.3, -0.25) is 9.69 Å². The van der Waals surface area contributed by atoms with Crippen molar-refractivity contribution in [1.82, 2.24) is 4.90 Å². The third-order valence-electron chi connectivity index (χ3n) is 7.62. The van der Waals surface area contributed by atoms with Crippen LogP contribution < -0.4 is 0 Å². The third kappa shape index (κ3) is 8.50. The standard InChI is InChI=1S/C31H41NO5/c33-28-22-29(37-23-26-16-14-25(15-17-26)13-12-24-8-4-3-5-9-24)27(10-6-1-2-7-11-30(34)35)31(28)32-18-20-36-21-19-32/h1,3-6,8-9,14-17,27-29,31,33H,2,7,10-13,18-23H2,(H,34,35)/b6-1-/t27-,28+,29-,31+/m0/s1. The van der Waals surface area contributed by atoms with Crippen LogP contribution >= 0.6 is 0 Å². The summed E-state index contributed by atoms with van der Waals surface area (Å²) in [6, 6.07) is 19.3. The Morgan fingerprint density at radius 3 is 2.35 bits per heavy atom. The normalized spacial score (nSPS) is 24.6. The minimum atomic E-state index is -0.752. The molecule has 1 aliphatic heterocycles. The first kappa shape index (κ1) is 27.5. The van der Waals surface area contributed by atoms with Gasteiger partial charge in [0.2, 0.25) is 0 Å². The molecule has 37 heavy (non-hydrogen) atoms. The second kappa shape index (κ2) is 14.4. The van der Waals surface area contributed by atoms with E-state index in [9.17, 15) is 9.90 Å². The van der Waals surface area contributed by atoms with Gasteiger partial charge in [0.05, 0.1) is 32.0 Å². The summed E-state index contributed by atoms with van der Waals surface area (Å²) in [5.74, 6) is -0.564. The number of hydrogen-bond donors (Lipinski definition) is 2. The maximum atomic E-state index is 11.0. The number of ether oxygens (including phenoxy) is 2. The zero-order valence-electron chi connectivity index (χ0n) is 21.7. The van der Waals surface area contributed by atoms with Crippen LogP contribution in [0, 0.1) is 5.92 Å². The molecule has 0 spiro atoms. The van der Waals surface area contributed by atoms with E-state index in [1.54, 1.807) is 0 Å². The molecule has 1 saturated heterocycles. The zero-order chi connectivity index (χ0) is 25.9. The van der Waals surface area contributed by atoms with E-state index in [2.05, 4.69) is 65.6 Å². The van der Waals surface area contributed by atoms with Gasteiger partial charge in [0.1, 0.15) is 0 Å². The summed E-state index contributed by atoms with van der Waals surface area (Å²) in [6.45, 7) is 3.59. The second-order valence-corrected chi connectivity index (χ2v) is 10.3. The van der Waals surface area contributed by atoms with Crippen LogP contribution in [0.15, 0.2) is 66.7 Å². The predicted molar refractivity (Wildman–Crippen MR) is 144 cm³/mol. The summed E-state index contributed by atoms with van der Waals surface area (Å²) < 4.78 is 12.0. The maximum absolute atomic E-state index is 11.0. The monoisotopic (exact) mass is 507 g/mol. The fourth-order valence-electron chi connectivity index (χ4n) is 5.61. The van der Waals surface area contributed by atoms with Crippen molar-refractivity contribution in [3.05, 3.63) is 83.4 Å². The van der Waals surface area contributed by atoms with Crippen LogP contribution in [0.4, 0.5) is 0 Å². The van der Waals surface area contributed by atoms with Crippen LogP contribution in [0.5, 0.6) is 0 Å². The molecule has 1 saturated carbocycles. The molecule has 2 aliphatic rings. The molecule has 0 amide bonds. The van der Waals surface area contributed by atoms with Crippen molar-refractivity contribution in [2.45, 2.75) is 69.8 Å². The number of aliphatic hydroxyl groups excluding tert-OH is 1. The lowest BCUT2D eigenvalue weighted by atomic mass is 9.94. The summed E-state index contributed by atoms with van der Waals surface area (Å²) in [7, 11) is 0. The number of hydrogen-bond acceptors (Lipinski definition) is 5. The number of carboxylic acids is 1. The molecule has 200 valence electrons. The van der Waals surface area contributed by atoms with E-state index >= 15 is 0 Å². The molecular weight excluding hydrogens is 466 g/mol. The number of carbonyl (C=O) groups is 1. The number of aliphatic carboxylic acids is 1. The van der Waals surface area contributed by atoms with Crippen molar-refractivity contribution >= 4 is 5.97 Å². The van der Waals surface area contributed by atoms with E-state index < -0.39 is 12.1 Å². The van der Waals surface area contributed by atoms with E-state index in [0.29, 0.717) is 32.7 Å². The van der Waals surface area contributed by atoms with Gasteiger partial charge in [0, 0.05) is 37.9 Å². The Morgan fingerprint density at radius 1 is 0.973 bits per heavy atom. The first-order chi connectivity index (χ1) is 18.1. The molecule has 2 aromatic carbocycles. The van der Waals surface area contributed by atoms with E-state index in [4.69, 9.17) is 14.6 Å². The Kier molecular flexibility index (Phi) is 10.7. The molecule has 6 heteroatoms. The van der Waals surface area contributed by atoms with E-state index in [1.165, 1.54) is 11.1 Å². The Labute approximate surface area is 220 Å². The van der Waals surface area contributed by atoms with Crippen LogP contribution in [0.2, 0.25) is 0 Å². The number of nitrogens with zero attached hydrogens (tertiary/aromatic N) is 1. The van der Waals surface area contributed by atoms with Gasteiger partial charge in [-0.05, 0) is 48.8 Å². The lowest BCUT2D eigenvalue weighted by Gasteiger charge is -2.37. The van der Waals surface area contributed by atoms with Crippen molar-refractivity contribution in [2.24, 2.45) is 5.92 Å². The van der Waals surface area contributed by atoms with Gasteiger partial charge in [-0.1, -0.05) is 66.7 Å². The Bertz CT molecular complexity index is 971. The van der Waals surface area contributed by atoms with Gasteiger partial charge in [-0.15, -0.1) is 0 Å². The number of benzene rings is 2. The second-order valence-electron chi connectivity index (χ2n) is 10.3. The fourth-order valence-corrected chi connectivity index (χ4v) is 5.61.